The largest absolute Gasteiger partial charge is 0.502 e. The van der Waals surface area contributed by atoms with Crippen molar-refractivity contribution in [2.45, 2.75) is 0 Å². The van der Waals surface area contributed by atoms with E-state index >= 15 is 0 Å². The molecule has 2 saturated heterocycles. The van der Waals surface area contributed by atoms with E-state index in [4.69, 9.17) is 19.4 Å². The van der Waals surface area contributed by atoms with Crippen LogP contribution in [0.15, 0.2) is 152 Å². The van der Waals surface area contributed by atoms with E-state index in [1.54, 1.807) is 0 Å². The predicted octanol–water partition coefficient (Wildman–Crippen LogP) is 9.03. The number of hydrogen-bond donors (Lipinski definition) is 0. The number of hydrogen-bond acceptors (Lipinski definition) is 4. The fourth-order valence-electron chi connectivity index (χ4n) is 4.87. The predicted molar refractivity (Wildman–Crippen MR) is 187 cm³/mol. The second-order valence-corrected chi connectivity index (χ2v) is 15.8. The Hall–Kier alpha value is -3.63. The molecule has 5 aromatic rings. The van der Waals surface area contributed by atoms with Gasteiger partial charge in [-0.2, -0.15) is 13.3 Å². The van der Waals surface area contributed by atoms with Gasteiger partial charge in [-0.1, -0.05) is 72.8 Å². The van der Waals surface area contributed by atoms with E-state index in [-0.39, 0.29) is 0 Å². The van der Waals surface area contributed by atoms with Gasteiger partial charge in [0.05, 0.1) is 0 Å². The average Bonchev–Trinajstić information content (AvgIpc) is 3.79. The maximum Gasteiger partial charge on any atom is 0.00858 e. The molecule has 44 heavy (non-hydrogen) atoms. The molecule has 2 heterocycles. The summed E-state index contributed by atoms with van der Waals surface area (Å²) in [4.78, 5) is 9.14. The molecule has 0 N–H and O–H groups in total. The first-order chi connectivity index (χ1) is 21.7. The van der Waals surface area contributed by atoms with Crippen LogP contribution in [0, 0.1) is 13.3 Å². The van der Waals surface area contributed by atoms with Crippen LogP contribution in [0.1, 0.15) is 5.56 Å². The zero-order valence-electron chi connectivity index (χ0n) is 24.4. The topological polar surface area (TPSA) is 13.0 Å². The third-order valence-corrected chi connectivity index (χ3v) is 8.94. The van der Waals surface area contributed by atoms with Crippen LogP contribution in [0.5, 0.6) is 0 Å². The van der Waals surface area contributed by atoms with Crippen LogP contribution in [-0.2, 0) is 13.5 Å². The van der Waals surface area contributed by atoms with Crippen molar-refractivity contribution in [2.24, 2.45) is 0 Å². The number of anilines is 4. The standard InChI is InChI=1S/2C15H15N2.C7H6.2ClH.Ru/c2*1-3-7-14(8-4-1)16-11-12-17(13-16)15-9-5-2-6-10-15;1-7-5-3-2-4-6-7;;;/h2*1-10,13H,11-12H2;1-6H;2*1H;/q2*-1;;;;+2/p-2. The third-order valence-electron chi connectivity index (χ3n) is 7.07. The number of rotatable bonds is 5. The van der Waals surface area contributed by atoms with Crippen molar-refractivity contribution in [3.8, 4) is 0 Å². The average molecular weight is 709 g/mol. The molecule has 228 valence electrons. The smallest absolute Gasteiger partial charge is 0.00858 e. The van der Waals surface area contributed by atoms with Crippen LogP contribution < -0.4 is 19.6 Å². The second-order valence-electron chi connectivity index (χ2n) is 10.1. The molecule has 0 atom stereocenters. The molecule has 0 aliphatic carbocycles. The van der Waals surface area contributed by atoms with Gasteiger partial charge in [0.2, 0.25) is 0 Å². The van der Waals surface area contributed by atoms with Crippen molar-refractivity contribution in [1.82, 2.24) is 0 Å². The summed E-state index contributed by atoms with van der Waals surface area (Å²) >= 11 is -1.61. The van der Waals surface area contributed by atoms with Gasteiger partial charge in [0.25, 0.3) is 0 Å². The Morgan fingerprint density at radius 1 is 0.409 bits per heavy atom. The molecule has 0 radical (unpaired) electrons. The van der Waals surface area contributed by atoms with Crippen LogP contribution in [0.2, 0.25) is 0 Å². The molecule has 0 saturated carbocycles. The fourth-order valence-corrected chi connectivity index (χ4v) is 6.70. The molecule has 5 aromatic carbocycles. The molecular weight excluding hydrogens is 672 g/mol. The molecular formula is C37H36Cl2N4Ru-2. The van der Waals surface area contributed by atoms with Gasteiger partial charge >= 0.3 is 73.4 Å². The maximum atomic E-state index is 5.67. The van der Waals surface area contributed by atoms with Gasteiger partial charge in [-0.15, -0.1) is 0 Å². The molecule has 0 spiro atoms. The molecule has 7 rings (SSSR count). The van der Waals surface area contributed by atoms with Crippen LogP contribution in [0.3, 0.4) is 0 Å². The molecule has 2 fully saturated rings. The Morgan fingerprint density at radius 3 is 0.909 bits per heavy atom. The Balaban J connectivity index is 0.000000136. The van der Waals surface area contributed by atoms with Gasteiger partial charge in [-0.25, -0.2) is 0 Å². The molecule has 7 heteroatoms. The molecule has 0 aromatic heterocycles. The fraction of sp³-hybridized carbons (Fsp3) is 0.108. The van der Waals surface area contributed by atoms with Crippen molar-refractivity contribution in [1.29, 1.82) is 0 Å². The number of para-hydroxylation sites is 4. The number of benzene rings is 5. The van der Waals surface area contributed by atoms with Gasteiger partial charge in [0, 0.05) is 48.9 Å². The van der Waals surface area contributed by atoms with Crippen LogP contribution in [0.4, 0.5) is 22.7 Å². The zero-order chi connectivity index (χ0) is 30.4. The van der Waals surface area contributed by atoms with E-state index in [2.05, 4.69) is 154 Å². The summed E-state index contributed by atoms with van der Waals surface area (Å²) in [6, 6.07) is 51.9. The zero-order valence-corrected chi connectivity index (χ0v) is 27.6. The summed E-state index contributed by atoms with van der Waals surface area (Å²) in [6.07, 6.45) is 0. The van der Waals surface area contributed by atoms with E-state index in [9.17, 15) is 0 Å². The van der Waals surface area contributed by atoms with Gasteiger partial charge in [-0.05, 0) is 48.5 Å². The van der Waals surface area contributed by atoms with E-state index < -0.39 is 13.5 Å². The first kappa shape index (κ1) is 31.8. The van der Waals surface area contributed by atoms with Gasteiger partial charge in [-0.3, -0.25) is 0 Å². The van der Waals surface area contributed by atoms with Crippen molar-refractivity contribution in [3.63, 3.8) is 0 Å². The molecule has 0 amide bonds. The van der Waals surface area contributed by atoms with Crippen molar-refractivity contribution < 1.29 is 13.5 Å². The SMILES string of the molecule is [Cl][Ru]([Cl])=[CH]c1ccccc1.c1ccc(N2[CH-]N(c3ccccc3)CC2)cc1.c1ccc(N2[CH-]N(c3ccccc3)CC2)cc1. The maximum absolute atomic E-state index is 5.67. The second kappa shape index (κ2) is 17.0. The Labute approximate surface area is 275 Å². The normalized spacial score (nSPS) is 14.3. The van der Waals surface area contributed by atoms with E-state index in [0.717, 1.165) is 31.7 Å². The summed E-state index contributed by atoms with van der Waals surface area (Å²) in [7, 11) is 11.3. The summed E-state index contributed by atoms with van der Waals surface area (Å²) < 4.78 is 1.92. The Kier molecular flexibility index (Phi) is 12.3. The molecule has 4 nitrogen and oxygen atoms in total. The number of nitrogens with zero attached hydrogens (tertiary/aromatic N) is 4. The van der Waals surface area contributed by atoms with Crippen LogP contribution >= 0.6 is 19.4 Å². The quantitative estimate of drug-likeness (QED) is 0.134. The minimum absolute atomic E-state index is 1.04. The molecule has 2 aliphatic rings. The monoisotopic (exact) mass is 708 g/mol. The first-order valence-electron chi connectivity index (χ1n) is 14.5. The van der Waals surface area contributed by atoms with Crippen LogP contribution in [-0.4, -0.2) is 30.8 Å². The Morgan fingerprint density at radius 2 is 0.659 bits per heavy atom. The van der Waals surface area contributed by atoms with Gasteiger partial charge in [0.1, 0.15) is 0 Å². The summed E-state index contributed by atoms with van der Waals surface area (Å²) in [6.45, 7) is 8.53. The van der Waals surface area contributed by atoms with Crippen molar-refractivity contribution in [3.05, 3.63) is 171 Å². The van der Waals surface area contributed by atoms with Gasteiger partial charge < -0.3 is 19.6 Å². The summed E-state index contributed by atoms with van der Waals surface area (Å²) in [5.41, 5.74) is 6.14. The van der Waals surface area contributed by atoms with E-state index in [1.807, 2.05) is 34.9 Å². The first-order valence-corrected chi connectivity index (χ1v) is 20.0. The Bertz CT molecular complexity index is 1350. The molecule has 2 aliphatic heterocycles. The van der Waals surface area contributed by atoms with Crippen LogP contribution in [0.25, 0.3) is 0 Å². The van der Waals surface area contributed by atoms with Crippen molar-refractivity contribution >= 4 is 46.7 Å². The van der Waals surface area contributed by atoms with E-state index in [1.165, 1.54) is 22.7 Å². The summed E-state index contributed by atoms with van der Waals surface area (Å²) in [5, 5.41) is 0. The summed E-state index contributed by atoms with van der Waals surface area (Å²) in [5.74, 6) is 0. The minimum atomic E-state index is -1.61. The number of halogens is 2. The molecule has 0 bridgehead atoms. The van der Waals surface area contributed by atoms with E-state index in [0.29, 0.717) is 0 Å². The van der Waals surface area contributed by atoms with Crippen molar-refractivity contribution in [2.75, 3.05) is 45.8 Å². The molecule has 0 unspecified atom stereocenters. The third kappa shape index (κ3) is 9.69. The van der Waals surface area contributed by atoms with Gasteiger partial charge in [0.15, 0.2) is 0 Å². The minimum Gasteiger partial charge on any atom is -0.502 e.